The minimum atomic E-state index is -0.884. The standard InChI is InChI=1S/C12H24N2O3/c1-5-12(4,6-2)13-11(17)14(7-3)9-8-10(15)16/h5-9H2,1-4H3,(H,13,17)(H,15,16). The molecule has 0 aliphatic heterocycles. The summed E-state index contributed by atoms with van der Waals surface area (Å²) < 4.78 is 0. The summed E-state index contributed by atoms with van der Waals surface area (Å²) in [6.07, 6.45) is 1.69. The fourth-order valence-corrected chi connectivity index (χ4v) is 1.40. The smallest absolute Gasteiger partial charge is 0.317 e. The normalized spacial score (nSPS) is 11.1. The SMILES string of the molecule is CCN(CCC(=O)O)C(=O)NC(C)(CC)CC. The van der Waals surface area contributed by atoms with Gasteiger partial charge in [-0.2, -0.15) is 0 Å². The second-order valence-electron chi connectivity index (χ2n) is 4.42. The number of nitrogens with one attached hydrogen (secondary N) is 1. The van der Waals surface area contributed by atoms with Crippen LogP contribution in [-0.4, -0.2) is 40.6 Å². The molecule has 5 nitrogen and oxygen atoms in total. The molecule has 0 saturated carbocycles. The molecule has 0 aliphatic rings. The highest BCUT2D eigenvalue weighted by Gasteiger charge is 2.24. The number of rotatable bonds is 7. The Morgan fingerprint density at radius 1 is 1.24 bits per heavy atom. The quantitative estimate of drug-likeness (QED) is 0.720. The van der Waals surface area contributed by atoms with Crippen molar-refractivity contribution in [2.75, 3.05) is 13.1 Å². The molecule has 2 N–H and O–H groups in total. The van der Waals surface area contributed by atoms with Crippen LogP contribution in [0.1, 0.15) is 47.0 Å². The van der Waals surface area contributed by atoms with Crippen LogP contribution in [-0.2, 0) is 4.79 Å². The maximum atomic E-state index is 11.9. The largest absolute Gasteiger partial charge is 0.481 e. The lowest BCUT2D eigenvalue weighted by Crippen LogP contribution is -2.51. The predicted molar refractivity (Wildman–Crippen MR) is 67.0 cm³/mol. The zero-order chi connectivity index (χ0) is 13.5. The van der Waals surface area contributed by atoms with Crippen LogP contribution in [0.3, 0.4) is 0 Å². The van der Waals surface area contributed by atoms with Crippen molar-refractivity contribution in [3.05, 3.63) is 0 Å². The van der Waals surface area contributed by atoms with Gasteiger partial charge in [0.05, 0.1) is 6.42 Å². The van der Waals surface area contributed by atoms with Crippen molar-refractivity contribution in [2.45, 2.75) is 52.5 Å². The molecule has 0 aromatic carbocycles. The number of aliphatic carboxylic acids is 1. The Morgan fingerprint density at radius 3 is 2.12 bits per heavy atom. The molecule has 0 aromatic heterocycles. The summed E-state index contributed by atoms with van der Waals surface area (Å²) in [4.78, 5) is 23.9. The van der Waals surface area contributed by atoms with Gasteiger partial charge < -0.3 is 15.3 Å². The van der Waals surface area contributed by atoms with Crippen molar-refractivity contribution in [1.29, 1.82) is 0 Å². The molecule has 0 radical (unpaired) electrons. The molecule has 100 valence electrons. The van der Waals surface area contributed by atoms with Crippen LogP contribution in [0.25, 0.3) is 0 Å². The van der Waals surface area contributed by atoms with Crippen LogP contribution < -0.4 is 5.32 Å². The Kier molecular flexibility index (Phi) is 6.61. The predicted octanol–water partition coefficient (Wildman–Crippen LogP) is 2.07. The summed E-state index contributed by atoms with van der Waals surface area (Å²) in [6, 6.07) is -0.181. The van der Waals surface area contributed by atoms with Gasteiger partial charge in [-0.25, -0.2) is 4.79 Å². The number of hydrogen-bond donors (Lipinski definition) is 2. The van der Waals surface area contributed by atoms with Gasteiger partial charge in [-0.15, -0.1) is 0 Å². The number of carboxylic acids is 1. The zero-order valence-corrected chi connectivity index (χ0v) is 11.2. The molecule has 0 unspecified atom stereocenters. The number of nitrogens with zero attached hydrogens (tertiary/aromatic N) is 1. The molecule has 0 bridgehead atoms. The lowest BCUT2D eigenvalue weighted by Gasteiger charge is -2.31. The van der Waals surface area contributed by atoms with Gasteiger partial charge in [0.25, 0.3) is 0 Å². The molecular weight excluding hydrogens is 220 g/mol. The molecule has 0 heterocycles. The zero-order valence-electron chi connectivity index (χ0n) is 11.2. The minimum Gasteiger partial charge on any atom is -0.481 e. The van der Waals surface area contributed by atoms with Crippen molar-refractivity contribution in [2.24, 2.45) is 0 Å². The molecule has 2 amide bonds. The fourth-order valence-electron chi connectivity index (χ4n) is 1.40. The van der Waals surface area contributed by atoms with Gasteiger partial charge in [-0.1, -0.05) is 13.8 Å². The average Bonchev–Trinajstić information content (AvgIpc) is 2.29. The summed E-state index contributed by atoms with van der Waals surface area (Å²) in [6.45, 7) is 8.66. The summed E-state index contributed by atoms with van der Waals surface area (Å²) in [5.74, 6) is -0.884. The average molecular weight is 244 g/mol. The molecule has 17 heavy (non-hydrogen) atoms. The molecular formula is C12H24N2O3. The lowest BCUT2D eigenvalue weighted by atomic mass is 9.96. The summed E-state index contributed by atoms with van der Waals surface area (Å²) >= 11 is 0. The first-order chi connectivity index (χ1) is 7.88. The fraction of sp³-hybridized carbons (Fsp3) is 0.833. The van der Waals surface area contributed by atoms with E-state index in [1.54, 1.807) is 0 Å². The number of carboxylic acid groups (broad SMARTS) is 1. The van der Waals surface area contributed by atoms with Gasteiger partial charge >= 0.3 is 12.0 Å². The van der Waals surface area contributed by atoms with E-state index in [9.17, 15) is 9.59 Å². The molecule has 5 heteroatoms. The molecule has 0 aliphatic carbocycles. The van der Waals surface area contributed by atoms with Crippen LogP contribution >= 0.6 is 0 Å². The molecule has 0 aromatic rings. The van der Waals surface area contributed by atoms with Crippen molar-refractivity contribution in [3.63, 3.8) is 0 Å². The van der Waals surface area contributed by atoms with Crippen LogP contribution in [0.5, 0.6) is 0 Å². The van der Waals surface area contributed by atoms with E-state index >= 15 is 0 Å². The molecule has 0 rings (SSSR count). The third-order valence-electron chi connectivity index (χ3n) is 3.23. The van der Waals surface area contributed by atoms with Crippen molar-refractivity contribution in [3.8, 4) is 0 Å². The first-order valence-corrected chi connectivity index (χ1v) is 6.17. The van der Waals surface area contributed by atoms with E-state index in [1.807, 2.05) is 27.7 Å². The number of urea groups is 1. The highest BCUT2D eigenvalue weighted by Crippen LogP contribution is 2.14. The van der Waals surface area contributed by atoms with Gasteiger partial charge in [0, 0.05) is 18.6 Å². The molecule has 0 spiro atoms. The first-order valence-electron chi connectivity index (χ1n) is 6.17. The second-order valence-corrected chi connectivity index (χ2v) is 4.42. The van der Waals surface area contributed by atoms with Crippen molar-refractivity contribution < 1.29 is 14.7 Å². The van der Waals surface area contributed by atoms with E-state index in [2.05, 4.69) is 5.32 Å². The summed E-state index contributed by atoms with van der Waals surface area (Å²) in [5.41, 5.74) is -0.215. The number of hydrogen-bond acceptors (Lipinski definition) is 2. The monoisotopic (exact) mass is 244 g/mol. The number of carbonyl (C=O) groups is 2. The third-order valence-corrected chi connectivity index (χ3v) is 3.23. The van der Waals surface area contributed by atoms with Gasteiger partial charge in [0.15, 0.2) is 0 Å². The highest BCUT2D eigenvalue weighted by molar-refractivity contribution is 5.76. The van der Waals surface area contributed by atoms with Crippen LogP contribution in [0.2, 0.25) is 0 Å². The maximum absolute atomic E-state index is 11.9. The van der Waals surface area contributed by atoms with Crippen molar-refractivity contribution >= 4 is 12.0 Å². The Hall–Kier alpha value is -1.26. The van der Waals surface area contributed by atoms with E-state index in [4.69, 9.17) is 5.11 Å². The minimum absolute atomic E-state index is 0.0176. The van der Waals surface area contributed by atoms with Gasteiger partial charge in [0.1, 0.15) is 0 Å². The third kappa shape index (κ3) is 5.56. The number of carbonyl (C=O) groups excluding carboxylic acids is 1. The Balaban J connectivity index is 4.39. The van der Waals surface area contributed by atoms with E-state index in [0.717, 1.165) is 12.8 Å². The second kappa shape index (κ2) is 7.14. The Bertz CT molecular complexity index is 262. The Morgan fingerprint density at radius 2 is 1.76 bits per heavy atom. The molecule has 0 atom stereocenters. The van der Waals surface area contributed by atoms with Crippen LogP contribution in [0.4, 0.5) is 4.79 Å². The van der Waals surface area contributed by atoms with E-state index < -0.39 is 5.97 Å². The topological polar surface area (TPSA) is 69.6 Å². The summed E-state index contributed by atoms with van der Waals surface area (Å²) in [5, 5.41) is 11.6. The lowest BCUT2D eigenvalue weighted by molar-refractivity contribution is -0.137. The highest BCUT2D eigenvalue weighted by atomic mass is 16.4. The van der Waals surface area contributed by atoms with Crippen LogP contribution in [0, 0.1) is 0 Å². The van der Waals surface area contributed by atoms with E-state index in [0.29, 0.717) is 6.54 Å². The Labute approximate surface area is 103 Å². The van der Waals surface area contributed by atoms with E-state index in [-0.39, 0.29) is 24.5 Å². The van der Waals surface area contributed by atoms with Crippen molar-refractivity contribution in [1.82, 2.24) is 10.2 Å². The summed E-state index contributed by atoms with van der Waals surface area (Å²) in [7, 11) is 0. The molecule has 0 fully saturated rings. The van der Waals surface area contributed by atoms with E-state index in [1.165, 1.54) is 4.90 Å². The first kappa shape index (κ1) is 15.7. The van der Waals surface area contributed by atoms with Gasteiger partial charge in [-0.05, 0) is 26.7 Å². The van der Waals surface area contributed by atoms with Crippen LogP contribution in [0.15, 0.2) is 0 Å². The number of amides is 2. The van der Waals surface area contributed by atoms with Gasteiger partial charge in [-0.3, -0.25) is 4.79 Å². The van der Waals surface area contributed by atoms with Gasteiger partial charge in [0.2, 0.25) is 0 Å². The molecule has 0 saturated heterocycles. The maximum Gasteiger partial charge on any atom is 0.317 e.